The lowest BCUT2D eigenvalue weighted by Crippen LogP contribution is -2.25. The van der Waals surface area contributed by atoms with Gasteiger partial charge >= 0.3 is 0 Å². The van der Waals surface area contributed by atoms with Gasteiger partial charge in [-0.25, -0.2) is 0 Å². The standard InChI is InChI=1S/C9H20ClNO/c1-8(2)7-12-5-4-11-6-9(3)10/h8-9,11H,4-7H2,1-3H3. The van der Waals surface area contributed by atoms with E-state index in [1.807, 2.05) is 6.92 Å². The molecule has 0 heterocycles. The first-order chi connectivity index (χ1) is 5.63. The molecule has 0 fully saturated rings. The van der Waals surface area contributed by atoms with Gasteiger partial charge in [-0.15, -0.1) is 11.6 Å². The van der Waals surface area contributed by atoms with Crippen LogP contribution in [0.2, 0.25) is 0 Å². The van der Waals surface area contributed by atoms with Crippen molar-refractivity contribution in [1.29, 1.82) is 0 Å². The van der Waals surface area contributed by atoms with E-state index in [-0.39, 0.29) is 5.38 Å². The van der Waals surface area contributed by atoms with Crippen LogP contribution in [0.15, 0.2) is 0 Å². The maximum Gasteiger partial charge on any atom is 0.0591 e. The van der Waals surface area contributed by atoms with Gasteiger partial charge in [-0.2, -0.15) is 0 Å². The normalized spacial score (nSPS) is 13.8. The quantitative estimate of drug-likeness (QED) is 0.493. The second-order valence-electron chi connectivity index (χ2n) is 3.45. The van der Waals surface area contributed by atoms with E-state index in [1.54, 1.807) is 0 Å². The SMILES string of the molecule is CC(C)COCCNCC(C)Cl. The van der Waals surface area contributed by atoms with Crippen LogP contribution >= 0.6 is 11.6 Å². The van der Waals surface area contributed by atoms with Crippen LogP contribution in [0.4, 0.5) is 0 Å². The van der Waals surface area contributed by atoms with Crippen molar-refractivity contribution in [2.24, 2.45) is 5.92 Å². The zero-order valence-electron chi connectivity index (χ0n) is 8.27. The van der Waals surface area contributed by atoms with E-state index in [2.05, 4.69) is 19.2 Å². The minimum atomic E-state index is 0.204. The molecule has 1 atom stereocenters. The molecule has 0 aromatic rings. The summed E-state index contributed by atoms with van der Waals surface area (Å²) >= 11 is 5.74. The summed E-state index contributed by atoms with van der Waals surface area (Å²) in [5, 5.41) is 3.41. The predicted molar refractivity (Wildman–Crippen MR) is 53.8 cm³/mol. The van der Waals surface area contributed by atoms with Gasteiger partial charge in [0.05, 0.1) is 6.61 Å². The van der Waals surface area contributed by atoms with E-state index < -0.39 is 0 Å². The van der Waals surface area contributed by atoms with Gasteiger partial charge in [-0.1, -0.05) is 13.8 Å². The Morgan fingerprint density at radius 2 is 2.00 bits per heavy atom. The van der Waals surface area contributed by atoms with Crippen molar-refractivity contribution in [2.75, 3.05) is 26.3 Å². The Morgan fingerprint density at radius 1 is 1.33 bits per heavy atom. The number of rotatable bonds is 7. The summed E-state index contributed by atoms with van der Waals surface area (Å²) < 4.78 is 5.37. The van der Waals surface area contributed by atoms with Crippen LogP contribution in [0.3, 0.4) is 0 Å². The number of nitrogens with one attached hydrogen (secondary N) is 1. The van der Waals surface area contributed by atoms with E-state index in [9.17, 15) is 0 Å². The highest BCUT2D eigenvalue weighted by atomic mass is 35.5. The Labute approximate surface area is 80.6 Å². The Hall–Kier alpha value is 0.210. The molecule has 0 saturated heterocycles. The molecule has 3 heteroatoms. The van der Waals surface area contributed by atoms with Crippen molar-refractivity contribution >= 4 is 11.6 Å². The molecule has 0 aromatic carbocycles. The molecule has 0 aliphatic rings. The molecule has 0 aromatic heterocycles. The molecule has 0 radical (unpaired) electrons. The van der Waals surface area contributed by atoms with Crippen molar-refractivity contribution in [2.45, 2.75) is 26.1 Å². The molecule has 0 aliphatic carbocycles. The summed E-state index contributed by atoms with van der Waals surface area (Å²) in [5.41, 5.74) is 0. The fourth-order valence-corrected chi connectivity index (χ4v) is 0.873. The summed E-state index contributed by atoms with van der Waals surface area (Å²) in [6.07, 6.45) is 0. The lowest BCUT2D eigenvalue weighted by atomic mass is 10.2. The summed E-state index contributed by atoms with van der Waals surface area (Å²) in [6, 6.07) is 0. The zero-order chi connectivity index (χ0) is 9.40. The first-order valence-electron chi connectivity index (χ1n) is 4.55. The summed E-state index contributed by atoms with van der Waals surface area (Å²) in [6.45, 7) is 9.64. The topological polar surface area (TPSA) is 21.3 Å². The molecule has 12 heavy (non-hydrogen) atoms. The van der Waals surface area contributed by atoms with Crippen LogP contribution in [-0.4, -0.2) is 31.7 Å². The van der Waals surface area contributed by atoms with E-state index in [1.165, 1.54) is 0 Å². The number of halogens is 1. The largest absolute Gasteiger partial charge is 0.380 e. The van der Waals surface area contributed by atoms with Crippen LogP contribution in [0, 0.1) is 5.92 Å². The monoisotopic (exact) mass is 193 g/mol. The van der Waals surface area contributed by atoms with Crippen LogP contribution in [0.25, 0.3) is 0 Å². The molecule has 1 N–H and O–H groups in total. The van der Waals surface area contributed by atoms with Crippen molar-refractivity contribution < 1.29 is 4.74 Å². The highest BCUT2D eigenvalue weighted by Crippen LogP contribution is 1.91. The Bertz CT molecular complexity index is 84.5. The van der Waals surface area contributed by atoms with Gasteiger partial charge in [0.2, 0.25) is 0 Å². The van der Waals surface area contributed by atoms with Gasteiger partial charge in [0.15, 0.2) is 0 Å². The third kappa shape index (κ3) is 10.2. The second kappa shape index (κ2) is 7.84. The molecule has 0 saturated carbocycles. The molecule has 74 valence electrons. The number of alkyl halides is 1. The van der Waals surface area contributed by atoms with Gasteiger partial charge in [0.25, 0.3) is 0 Å². The molecule has 0 rings (SSSR count). The van der Waals surface area contributed by atoms with Gasteiger partial charge < -0.3 is 10.1 Å². The molecular weight excluding hydrogens is 174 g/mol. The van der Waals surface area contributed by atoms with Crippen LogP contribution < -0.4 is 5.32 Å². The molecule has 0 spiro atoms. The predicted octanol–water partition coefficient (Wildman–Crippen LogP) is 1.88. The van der Waals surface area contributed by atoms with Crippen LogP contribution in [0.5, 0.6) is 0 Å². The van der Waals surface area contributed by atoms with Crippen LogP contribution in [0.1, 0.15) is 20.8 Å². The van der Waals surface area contributed by atoms with Crippen LogP contribution in [-0.2, 0) is 4.74 Å². The van der Waals surface area contributed by atoms with Crippen molar-refractivity contribution in [3.63, 3.8) is 0 Å². The first kappa shape index (κ1) is 12.2. The van der Waals surface area contributed by atoms with Gasteiger partial charge in [-0.3, -0.25) is 0 Å². The number of hydrogen-bond donors (Lipinski definition) is 1. The lowest BCUT2D eigenvalue weighted by molar-refractivity contribution is 0.112. The third-order valence-corrected chi connectivity index (χ3v) is 1.45. The molecule has 0 amide bonds. The summed E-state index contributed by atoms with van der Waals surface area (Å²) in [7, 11) is 0. The molecule has 1 unspecified atom stereocenters. The Balaban J connectivity index is 2.91. The fraction of sp³-hybridized carbons (Fsp3) is 1.00. The molecule has 2 nitrogen and oxygen atoms in total. The molecular formula is C9H20ClNO. The number of ether oxygens (including phenoxy) is 1. The first-order valence-corrected chi connectivity index (χ1v) is 4.99. The Kier molecular flexibility index (Phi) is 7.98. The molecule has 0 bridgehead atoms. The van der Waals surface area contributed by atoms with Crippen molar-refractivity contribution in [1.82, 2.24) is 5.32 Å². The minimum Gasteiger partial charge on any atom is -0.380 e. The van der Waals surface area contributed by atoms with Gasteiger partial charge in [0, 0.05) is 25.1 Å². The van der Waals surface area contributed by atoms with E-state index in [4.69, 9.17) is 16.3 Å². The highest BCUT2D eigenvalue weighted by molar-refractivity contribution is 6.20. The maximum atomic E-state index is 5.74. The van der Waals surface area contributed by atoms with Gasteiger partial charge in [-0.05, 0) is 12.8 Å². The Morgan fingerprint density at radius 3 is 2.50 bits per heavy atom. The second-order valence-corrected chi connectivity index (χ2v) is 4.20. The van der Waals surface area contributed by atoms with Crippen molar-refractivity contribution in [3.8, 4) is 0 Å². The fourth-order valence-electron chi connectivity index (χ4n) is 0.764. The average Bonchev–Trinajstić information content (AvgIpc) is 1.95. The summed E-state index contributed by atoms with van der Waals surface area (Å²) in [4.78, 5) is 0. The summed E-state index contributed by atoms with van der Waals surface area (Å²) in [5.74, 6) is 0.622. The van der Waals surface area contributed by atoms with E-state index >= 15 is 0 Å². The highest BCUT2D eigenvalue weighted by Gasteiger charge is 1.95. The average molecular weight is 194 g/mol. The minimum absolute atomic E-state index is 0.204. The van der Waals surface area contributed by atoms with Crippen molar-refractivity contribution in [3.05, 3.63) is 0 Å². The smallest absolute Gasteiger partial charge is 0.0591 e. The van der Waals surface area contributed by atoms with Gasteiger partial charge in [0.1, 0.15) is 0 Å². The van der Waals surface area contributed by atoms with E-state index in [0.717, 1.165) is 26.3 Å². The maximum absolute atomic E-state index is 5.74. The third-order valence-electron chi connectivity index (χ3n) is 1.30. The zero-order valence-corrected chi connectivity index (χ0v) is 9.03. The number of hydrogen-bond acceptors (Lipinski definition) is 2. The molecule has 0 aliphatic heterocycles. The lowest BCUT2D eigenvalue weighted by Gasteiger charge is -2.08. The van der Waals surface area contributed by atoms with E-state index in [0.29, 0.717) is 5.92 Å².